The van der Waals surface area contributed by atoms with Gasteiger partial charge in [0.15, 0.2) is 23.3 Å². The van der Waals surface area contributed by atoms with Crippen LogP contribution in [0, 0.1) is 48.6 Å². The maximum atomic E-state index is 14.2. The van der Waals surface area contributed by atoms with Gasteiger partial charge >= 0.3 is 0 Å². The second kappa shape index (κ2) is 9.11. The summed E-state index contributed by atoms with van der Waals surface area (Å²) in [5, 5.41) is 3.86. The highest BCUT2D eigenvalue weighted by Gasteiger charge is 2.37. The quantitative estimate of drug-likeness (QED) is 0.110. The molecule has 11 heteroatoms. The summed E-state index contributed by atoms with van der Waals surface area (Å²) < 4.78 is 75.9. The molecule has 3 rings (SSSR count). The van der Waals surface area contributed by atoms with Crippen LogP contribution in [-0.2, 0) is 4.79 Å². The standard InChI is InChI=1S/C20H9F5I2N2O2/c1-3-4-31-19-9(5-10(26)7-12(19)27)6-11-8(2)28-29(20(11)30)18-16(24)14(22)13(21)15(23)17(18)25/h1,5-7H,4H2,2H3/b11-6-. The molecule has 1 aliphatic rings. The van der Waals surface area contributed by atoms with E-state index in [9.17, 15) is 26.7 Å². The Morgan fingerprint density at radius 3 is 2.26 bits per heavy atom. The van der Waals surface area contributed by atoms with Gasteiger partial charge in [-0.2, -0.15) is 10.1 Å². The van der Waals surface area contributed by atoms with Crippen molar-refractivity contribution in [3.8, 4) is 18.1 Å². The molecule has 2 aromatic carbocycles. The molecule has 4 nitrogen and oxygen atoms in total. The molecule has 1 heterocycles. The largest absolute Gasteiger partial charge is 0.479 e. The number of carbonyl (C=O) groups is 1. The van der Waals surface area contributed by atoms with Crippen LogP contribution in [0.1, 0.15) is 12.5 Å². The summed E-state index contributed by atoms with van der Waals surface area (Å²) in [4.78, 5) is 12.8. The van der Waals surface area contributed by atoms with Crippen molar-refractivity contribution in [1.29, 1.82) is 0 Å². The molecular weight excluding hydrogens is 649 g/mol. The molecule has 160 valence electrons. The number of rotatable bonds is 4. The molecular formula is C20H9F5I2N2O2. The minimum Gasteiger partial charge on any atom is -0.479 e. The highest BCUT2D eigenvalue weighted by atomic mass is 127. The summed E-state index contributed by atoms with van der Waals surface area (Å²) in [5.74, 6) is -9.40. The van der Waals surface area contributed by atoms with Crippen LogP contribution in [0.25, 0.3) is 6.08 Å². The van der Waals surface area contributed by atoms with Crippen LogP contribution in [0.2, 0.25) is 0 Å². The van der Waals surface area contributed by atoms with E-state index in [0.29, 0.717) is 14.9 Å². The van der Waals surface area contributed by atoms with Gasteiger partial charge in [-0.3, -0.25) is 4.79 Å². The number of ether oxygens (including phenoxy) is 1. The third kappa shape index (κ3) is 4.27. The molecule has 31 heavy (non-hydrogen) atoms. The molecule has 0 aliphatic carbocycles. The lowest BCUT2D eigenvalue weighted by Crippen LogP contribution is -2.25. The molecule has 0 radical (unpaired) electrons. The highest BCUT2D eigenvalue weighted by Crippen LogP contribution is 2.35. The predicted octanol–water partition coefficient (Wildman–Crippen LogP) is 5.41. The first-order valence-corrected chi connectivity index (χ1v) is 10.4. The molecule has 0 saturated heterocycles. The van der Waals surface area contributed by atoms with Gasteiger partial charge < -0.3 is 4.74 Å². The van der Waals surface area contributed by atoms with Crippen molar-refractivity contribution in [1.82, 2.24) is 0 Å². The summed E-state index contributed by atoms with van der Waals surface area (Å²) in [6, 6.07) is 3.47. The van der Waals surface area contributed by atoms with Crippen molar-refractivity contribution >= 4 is 68.6 Å². The number of halogens is 7. The van der Waals surface area contributed by atoms with Gasteiger partial charge in [-0.15, -0.1) is 6.42 Å². The van der Waals surface area contributed by atoms with E-state index in [1.165, 1.54) is 13.0 Å². The number of hydrogen-bond acceptors (Lipinski definition) is 3. The van der Waals surface area contributed by atoms with Crippen LogP contribution in [0.3, 0.4) is 0 Å². The maximum absolute atomic E-state index is 14.2. The lowest BCUT2D eigenvalue weighted by Gasteiger charge is -2.15. The number of amides is 1. The molecule has 0 spiro atoms. The number of hydrogen-bond donors (Lipinski definition) is 0. The lowest BCUT2D eigenvalue weighted by atomic mass is 10.1. The average molecular weight is 658 g/mol. The first-order chi connectivity index (χ1) is 14.6. The number of hydrazone groups is 1. The topological polar surface area (TPSA) is 41.9 Å². The predicted molar refractivity (Wildman–Crippen MR) is 121 cm³/mol. The molecule has 0 bridgehead atoms. The fraction of sp³-hybridized carbons (Fsp3) is 0.100. The molecule has 1 amide bonds. The number of terminal acetylenes is 1. The number of carbonyl (C=O) groups excluding carboxylic acids is 1. The molecule has 0 N–H and O–H groups in total. The average Bonchev–Trinajstić information content (AvgIpc) is 2.98. The van der Waals surface area contributed by atoms with E-state index >= 15 is 0 Å². The zero-order chi connectivity index (χ0) is 23.0. The summed E-state index contributed by atoms with van der Waals surface area (Å²) >= 11 is 4.05. The van der Waals surface area contributed by atoms with Crippen molar-refractivity contribution in [3.05, 3.63) is 59.5 Å². The Balaban J connectivity index is 2.12. The van der Waals surface area contributed by atoms with E-state index in [-0.39, 0.29) is 22.9 Å². The van der Waals surface area contributed by atoms with E-state index in [2.05, 4.69) is 11.0 Å². The van der Waals surface area contributed by atoms with Crippen LogP contribution in [-0.4, -0.2) is 18.2 Å². The third-order valence-corrected chi connectivity index (χ3v) is 5.52. The summed E-state index contributed by atoms with van der Waals surface area (Å²) in [6.07, 6.45) is 6.58. The summed E-state index contributed by atoms with van der Waals surface area (Å²) in [7, 11) is 0. The van der Waals surface area contributed by atoms with Crippen molar-refractivity contribution in [3.63, 3.8) is 0 Å². The number of nitrogens with zero attached hydrogens (tertiary/aromatic N) is 2. The van der Waals surface area contributed by atoms with Gasteiger partial charge in [-0.05, 0) is 70.3 Å². The normalized spacial score (nSPS) is 14.8. The van der Waals surface area contributed by atoms with Crippen molar-refractivity contribution in [2.24, 2.45) is 5.10 Å². The monoisotopic (exact) mass is 658 g/mol. The van der Waals surface area contributed by atoms with E-state index in [4.69, 9.17) is 11.2 Å². The first-order valence-electron chi connectivity index (χ1n) is 8.26. The molecule has 0 fully saturated rings. The van der Waals surface area contributed by atoms with E-state index in [1.807, 2.05) is 45.2 Å². The number of benzene rings is 2. The minimum absolute atomic E-state index is 0.00529. The molecule has 0 aromatic heterocycles. The second-order valence-electron chi connectivity index (χ2n) is 6.08. The van der Waals surface area contributed by atoms with Gasteiger partial charge in [0.25, 0.3) is 5.91 Å². The highest BCUT2D eigenvalue weighted by molar-refractivity contribution is 14.1. The zero-order valence-corrected chi connectivity index (χ0v) is 19.7. The molecule has 2 aromatic rings. The van der Waals surface area contributed by atoms with Gasteiger partial charge in [0, 0.05) is 9.13 Å². The fourth-order valence-electron chi connectivity index (χ4n) is 2.72. The SMILES string of the molecule is C#CCOc1c(I)cc(I)cc1/C=C1\C(=O)N(c2c(F)c(F)c(F)c(F)c2F)N=C1C. The molecule has 1 aliphatic heterocycles. The van der Waals surface area contributed by atoms with Gasteiger partial charge in [0.2, 0.25) is 5.82 Å². The van der Waals surface area contributed by atoms with Crippen LogP contribution >= 0.6 is 45.2 Å². The van der Waals surface area contributed by atoms with Gasteiger partial charge in [0.05, 0.1) is 14.9 Å². The van der Waals surface area contributed by atoms with Crippen LogP contribution < -0.4 is 9.75 Å². The van der Waals surface area contributed by atoms with Crippen molar-refractivity contribution < 1.29 is 31.5 Å². The summed E-state index contributed by atoms with van der Waals surface area (Å²) in [5.41, 5.74) is -1.15. The van der Waals surface area contributed by atoms with Crippen molar-refractivity contribution in [2.75, 3.05) is 11.6 Å². The Hall–Kier alpha value is -2.21. The molecule has 0 saturated carbocycles. The fourth-order valence-corrected chi connectivity index (χ4v) is 4.77. The van der Waals surface area contributed by atoms with E-state index in [0.717, 1.165) is 3.57 Å². The minimum atomic E-state index is -2.33. The Kier molecular flexibility index (Phi) is 6.89. The van der Waals surface area contributed by atoms with Gasteiger partial charge in [-0.25, -0.2) is 22.0 Å². The number of anilines is 1. The Morgan fingerprint density at radius 2 is 1.68 bits per heavy atom. The lowest BCUT2D eigenvalue weighted by molar-refractivity contribution is -0.114. The van der Waals surface area contributed by atoms with Crippen molar-refractivity contribution in [2.45, 2.75) is 6.92 Å². The van der Waals surface area contributed by atoms with Gasteiger partial charge in [-0.1, -0.05) is 5.92 Å². The Bertz CT molecular complexity index is 1190. The second-order valence-corrected chi connectivity index (χ2v) is 8.49. The van der Waals surface area contributed by atoms with E-state index < -0.39 is 40.7 Å². The molecule has 0 unspecified atom stereocenters. The van der Waals surface area contributed by atoms with E-state index in [1.54, 1.807) is 12.1 Å². The smallest absolute Gasteiger partial charge is 0.280 e. The van der Waals surface area contributed by atoms with Gasteiger partial charge in [0.1, 0.15) is 18.0 Å². The maximum Gasteiger partial charge on any atom is 0.280 e. The summed E-state index contributed by atoms with van der Waals surface area (Å²) in [6.45, 7) is 1.31. The van der Waals surface area contributed by atoms with Crippen LogP contribution in [0.4, 0.5) is 27.6 Å². The van der Waals surface area contributed by atoms with Crippen LogP contribution in [0.15, 0.2) is 22.8 Å². The molecule has 0 atom stereocenters. The Morgan fingerprint density at radius 1 is 1.10 bits per heavy atom. The Labute approximate surface area is 200 Å². The van der Waals surface area contributed by atoms with Crippen LogP contribution in [0.5, 0.6) is 5.75 Å². The first kappa shape index (κ1) is 23.5. The third-order valence-electron chi connectivity index (χ3n) is 4.10. The zero-order valence-electron chi connectivity index (χ0n) is 15.4.